The zero-order chi connectivity index (χ0) is 15.8. The van der Waals surface area contributed by atoms with Crippen molar-refractivity contribution >= 4 is 5.91 Å². The van der Waals surface area contributed by atoms with E-state index in [4.69, 9.17) is 4.42 Å². The van der Waals surface area contributed by atoms with Gasteiger partial charge in [0.15, 0.2) is 0 Å². The summed E-state index contributed by atoms with van der Waals surface area (Å²) in [5, 5.41) is 4.09. The number of fused-ring (bicyclic) bond motifs is 1. The van der Waals surface area contributed by atoms with Crippen LogP contribution in [0.2, 0.25) is 0 Å². The van der Waals surface area contributed by atoms with E-state index in [1.807, 2.05) is 6.20 Å². The molecule has 0 N–H and O–H groups in total. The highest BCUT2D eigenvalue weighted by atomic mass is 16.3. The average molecular weight is 312 g/mol. The maximum Gasteiger partial charge on any atom is 0.257 e. The molecule has 1 amide bonds. The van der Waals surface area contributed by atoms with Crippen LogP contribution in [0.5, 0.6) is 0 Å². The Kier molecular flexibility index (Phi) is 3.22. The first-order valence-electron chi connectivity index (χ1n) is 7.41. The van der Waals surface area contributed by atoms with E-state index >= 15 is 0 Å². The van der Waals surface area contributed by atoms with Gasteiger partial charge in [0, 0.05) is 19.3 Å². The lowest BCUT2D eigenvalue weighted by atomic mass is 10.2. The molecule has 4 heterocycles. The summed E-state index contributed by atoms with van der Waals surface area (Å²) in [6.45, 7) is 4.28. The molecule has 0 unspecified atom stereocenters. The van der Waals surface area contributed by atoms with Gasteiger partial charge in [-0.05, 0) is 13.0 Å². The first-order valence-corrected chi connectivity index (χ1v) is 7.41. The summed E-state index contributed by atoms with van der Waals surface area (Å²) in [6, 6.07) is 1.72. The fourth-order valence-electron chi connectivity index (χ4n) is 2.82. The van der Waals surface area contributed by atoms with Gasteiger partial charge in [-0.25, -0.2) is 14.6 Å². The number of aromatic nitrogens is 5. The lowest BCUT2D eigenvalue weighted by Gasteiger charge is -2.27. The Bertz CT molecular complexity index is 832. The predicted molar refractivity (Wildman–Crippen MR) is 79.5 cm³/mol. The number of hydrogen-bond acceptors (Lipinski definition) is 5. The van der Waals surface area contributed by atoms with Crippen molar-refractivity contribution in [2.24, 2.45) is 0 Å². The lowest BCUT2D eigenvalue weighted by molar-refractivity contribution is 0.0705. The van der Waals surface area contributed by atoms with E-state index in [2.05, 4.69) is 19.6 Å². The van der Waals surface area contributed by atoms with Crippen molar-refractivity contribution in [2.45, 2.75) is 26.6 Å². The van der Waals surface area contributed by atoms with Crippen LogP contribution >= 0.6 is 0 Å². The number of rotatable bonds is 3. The Hall–Kier alpha value is -2.90. The minimum absolute atomic E-state index is 0.0108. The van der Waals surface area contributed by atoms with Gasteiger partial charge in [-0.15, -0.1) is 0 Å². The fraction of sp³-hybridized carbons (Fsp3) is 0.333. The molecule has 0 radical (unpaired) electrons. The van der Waals surface area contributed by atoms with Gasteiger partial charge < -0.3 is 13.9 Å². The van der Waals surface area contributed by atoms with Crippen LogP contribution in [0.3, 0.4) is 0 Å². The van der Waals surface area contributed by atoms with Crippen LogP contribution in [-0.4, -0.2) is 41.7 Å². The molecule has 0 spiro atoms. The van der Waals surface area contributed by atoms with E-state index in [1.54, 1.807) is 35.2 Å². The summed E-state index contributed by atoms with van der Waals surface area (Å²) in [7, 11) is 0. The van der Waals surface area contributed by atoms with Gasteiger partial charge in [0.2, 0.25) is 0 Å². The molecule has 8 nitrogen and oxygen atoms in total. The number of amides is 1. The van der Waals surface area contributed by atoms with E-state index in [1.165, 1.54) is 6.33 Å². The van der Waals surface area contributed by atoms with Gasteiger partial charge >= 0.3 is 0 Å². The standard InChI is InChI=1S/C15H16N6O2/c1-11-13(2-5-23-11)15(22)20-4-3-19-6-12(18-14(19)8-20)7-21-10-16-9-17-21/h2,5-6,9-10H,3-4,7-8H2,1H3. The number of imidazole rings is 1. The number of aryl methyl sites for hydroxylation is 1. The van der Waals surface area contributed by atoms with Crippen molar-refractivity contribution in [3.8, 4) is 0 Å². The molecule has 0 aliphatic carbocycles. The maximum absolute atomic E-state index is 12.6. The van der Waals surface area contributed by atoms with Crippen LogP contribution in [0.1, 0.15) is 27.6 Å². The second kappa shape index (κ2) is 5.38. The molecule has 0 saturated carbocycles. The summed E-state index contributed by atoms with van der Waals surface area (Å²) in [5.41, 5.74) is 1.53. The molecule has 3 aromatic heterocycles. The zero-order valence-electron chi connectivity index (χ0n) is 12.7. The smallest absolute Gasteiger partial charge is 0.257 e. The summed E-state index contributed by atoms with van der Waals surface area (Å²) in [5.74, 6) is 1.53. The normalized spacial score (nSPS) is 14.0. The second-order valence-corrected chi connectivity index (χ2v) is 5.55. The van der Waals surface area contributed by atoms with Crippen LogP contribution in [0, 0.1) is 6.92 Å². The molecule has 0 fully saturated rings. The number of nitrogens with zero attached hydrogens (tertiary/aromatic N) is 6. The van der Waals surface area contributed by atoms with Crippen LogP contribution in [-0.2, 0) is 19.6 Å². The van der Waals surface area contributed by atoms with E-state index in [0.717, 1.165) is 18.1 Å². The van der Waals surface area contributed by atoms with Crippen LogP contribution < -0.4 is 0 Å². The molecule has 0 saturated heterocycles. The molecule has 0 bridgehead atoms. The molecule has 4 rings (SSSR count). The van der Waals surface area contributed by atoms with Crippen molar-refractivity contribution in [1.29, 1.82) is 0 Å². The number of furan rings is 1. The van der Waals surface area contributed by atoms with Crippen molar-refractivity contribution in [3.05, 3.63) is 54.0 Å². The highest BCUT2D eigenvalue weighted by Gasteiger charge is 2.25. The maximum atomic E-state index is 12.6. The molecule has 0 aromatic carbocycles. The van der Waals surface area contributed by atoms with E-state index in [9.17, 15) is 4.79 Å². The molecule has 8 heteroatoms. The molecular weight excluding hydrogens is 296 g/mol. The van der Waals surface area contributed by atoms with Gasteiger partial charge in [-0.1, -0.05) is 0 Å². The highest BCUT2D eigenvalue weighted by Crippen LogP contribution is 2.18. The topological polar surface area (TPSA) is 82.0 Å². The molecular formula is C15H16N6O2. The Morgan fingerprint density at radius 1 is 1.39 bits per heavy atom. The van der Waals surface area contributed by atoms with E-state index in [-0.39, 0.29) is 5.91 Å². The van der Waals surface area contributed by atoms with Gasteiger partial charge in [-0.3, -0.25) is 4.79 Å². The van der Waals surface area contributed by atoms with Gasteiger partial charge in [-0.2, -0.15) is 5.10 Å². The monoisotopic (exact) mass is 312 g/mol. The Labute approximate surface area is 132 Å². The third-order valence-electron chi connectivity index (χ3n) is 4.02. The van der Waals surface area contributed by atoms with Crippen LogP contribution in [0.15, 0.2) is 35.6 Å². The first kappa shape index (κ1) is 13.7. The largest absolute Gasteiger partial charge is 0.469 e. The Morgan fingerprint density at radius 2 is 2.30 bits per heavy atom. The third kappa shape index (κ3) is 2.52. The molecule has 3 aromatic rings. The summed E-state index contributed by atoms with van der Waals surface area (Å²) in [6.07, 6.45) is 6.73. The molecule has 118 valence electrons. The summed E-state index contributed by atoms with van der Waals surface area (Å²) in [4.78, 5) is 22.9. The second-order valence-electron chi connectivity index (χ2n) is 5.55. The van der Waals surface area contributed by atoms with Crippen LogP contribution in [0.25, 0.3) is 0 Å². The third-order valence-corrected chi connectivity index (χ3v) is 4.02. The van der Waals surface area contributed by atoms with Crippen molar-refractivity contribution in [3.63, 3.8) is 0 Å². The van der Waals surface area contributed by atoms with E-state index in [0.29, 0.717) is 31.0 Å². The quantitative estimate of drug-likeness (QED) is 0.723. The molecule has 23 heavy (non-hydrogen) atoms. The zero-order valence-corrected chi connectivity index (χ0v) is 12.7. The number of hydrogen-bond donors (Lipinski definition) is 0. The average Bonchev–Trinajstić information content (AvgIpc) is 3.26. The molecule has 1 aliphatic rings. The van der Waals surface area contributed by atoms with E-state index < -0.39 is 0 Å². The van der Waals surface area contributed by atoms with Crippen molar-refractivity contribution in [2.75, 3.05) is 6.54 Å². The summed E-state index contributed by atoms with van der Waals surface area (Å²) >= 11 is 0. The Balaban J connectivity index is 1.52. The summed E-state index contributed by atoms with van der Waals surface area (Å²) < 4.78 is 9.05. The molecule has 1 aliphatic heterocycles. The van der Waals surface area contributed by atoms with Crippen molar-refractivity contribution in [1.82, 2.24) is 29.2 Å². The predicted octanol–water partition coefficient (Wildman–Crippen LogP) is 1.08. The number of carbonyl (C=O) groups excluding carboxylic acids is 1. The Morgan fingerprint density at radius 3 is 3.04 bits per heavy atom. The highest BCUT2D eigenvalue weighted by molar-refractivity contribution is 5.95. The molecule has 0 atom stereocenters. The number of carbonyl (C=O) groups is 1. The van der Waals surface area contributed by atoms with Crippen molar-refractivity contribution < 1.29 is 9.21 Å². The minimum Gasteiger partial charge on any atom is -0.469 e. The van der Waals surface area contributed by atoms with Crippen LogP contribution in [0.4, 0.5) is 0 Å². The first-order chi connectivity index (χ1) is 11.2. The SMILES string of the molecule is Cc1occc1C(=O)N1CCn2cc(Cn3cncn3)nc2C1. The lowest BCUT2D eigenvalue weighted by Crippen LogP contribution is -2.38. The van der Waals surface area contributed by atoms with Gasteiger partial charge in [0.25, 0.3) is 5.91 Å². The van der Waals surface area contributed by atoms with Gasteiger partial charge in [0.05, 0.1) is 30.6 Å². The fourth-order valence-corrected chi connectivity index (χ4v) is 2.82. The minimum atomic E-state index is -0.0108. The van der Waals surface area contributed by atoms with Gasteiger partial charge in [0.1, 0.15) is 24.2 Å².